The molecule has 38 heavy (non-hydrogen) atoms. The van der Waals surface area contributed by atoms with Crippen molar-refractivity contribution in [2.45, 2.75) is 18.0 Å². The Morgan fingerprint density at radius 1 is 0.921 bits per heavy atom. The van der Waals surface area contributed by atoms with E-state index in [4.69, 9.17) is 0 Å². The Morgan fingerprint density at radius 3 is 2.00 bits per heavy atom. The fourth-order valence-corrected chi connectivity index (χ4v) is 4.69. The van der Waals surface area contributed by atoms with Gasteiger partial charge in [-0.2, -0.15) is 26.3 Å². The predicted octanol–water partition coefficient (Wildman–Crippen LogP) is 7.56. The molecule has 1 heterocycles. The van der Waals surface area contributed by atoms with Crippen LogP contribution < -0.4 is 10.2 Å². The molecule has 3 rings (SSSR count). The van der Waals surface area contributed by atoms with Crippen molar-refractivity contribution in [3.8, 4) is 0 Å². The lowest BCUT2D eigenvalue weighted by atomic mass is 9.94. The molecule has 2 amide bonds. The largest absolute Gasteiger partial charge is 0.435 e. The van der Waals surface area contributed by atoms with Crippen LogP contribution in [-0.4, -0.2) is 36.2 Å². The summed E-state index contributed by atoms with van der Waals surface area (Å²) in [5.41, 5.74) is -8.72. The highest BCUT2D eigenvalue weighted by molar-refractivity contribution is 9.11. The van der Waals surface area contributed by atoms with Gasteiger partial charge in [0.05, 0.1) is 22.5 Å². The van der Waals surface area contributed by atoms with Gasteiger partial charge < -0.3 is 10.2 Å². The molecule has 3 aromatic rings. The van der Waals surface area contributed by atoms with Crippen LogP contribution in [0, 0.1) is 5.82 Å². The zero-order valence-electron chi connectivity index (χ0n) is 18.7. The SMILES string of the molecule is CN(C(=O)c1cccnc1)c1cccc(C(=O)Nc2c(Br)cc(C(F)(C(F)(F)F)C(F)(F)F)cc2Br)c1F. The first kappa shape index (κ1) is 29.5. The monoisotopic (exact) mass is 673 g/mol. The number of carbonyl (C=O) groups excluding carboxylic acids is 2. The van der Waals surface area contributed by atoms with Crippen LogP contribution in [0.1, 0.15) is 26.3 Å². The maximum atomic E-state index is 15.2. The van der Waals surface area contributed by atoms with Gasteiger partial charge >= 0.3 is 18.0 Å². The van der Waals surface area contributed by atoms with Crippen LogP contribution in [0.25, 0.3) is 0 Å². The highest BCUT2D eigenvalue weighted by Crippen LogP contribution is 2.54. The number of aromatic nitrogens is 1. The number of anilines is 2. The van der Waals surface area contributed by atoms with E-state index < -0.39 is 61.4 Å². The average molecular weight is 675 g/mol. The second-order valence-corrected chi connectivity index (χ2v) is 9.38. The van der Waals surface area contributed by atoms with Gasteiger partial charge in [-0.25, -0.2) is 8.78 Å². The van der Waals surface area contributed by atoms with Crippen molar-refractivity contribution in [1.29, 1.82) is 0 Å². The number of benzene rings is 2. The fraction of sp³-hybridized carbons (Fsp3) is 0.174. The van der Waals surface area contributed by atoms with Gasteiger partial charge in [0.2, 0.25) is 0 Å². The van der Waals surface area contributed by atoms with E-state index in [1.165, 1.54) is 43.7 Å². The molecular weight excluding hydrogens is 662 g/mol. The molecule has 0 radical (unpaired) electrons. The van der Waals surface area contributed by atoms with Gasteiger partial charge in [0.15, 0.2) is 5.82 Å². The molecule has 0 bridgehead atoms. The van der Waals surface area contributed by atoms with Crippen molar-refractivity contribution >= 4 is 55.0 Å². The Kier molecular flexibility index (Phi) is 8.22. The topological polar surface area (TPSA) is 62.3 Å². The maximum Gasteiger partial charge on any atom is 0.435 e. The molecular formula is C23H13Br2F8N3O2. The summed E-state index contributed by atoms with van der Waals surface area (Å²) in [6.45, 7) is 0. The first-order chi connectivity index (χ1) is 17.5. The quantitative estimate of drug-likeness (QED) is 0.284. The van der Waals surface area contributed by atoms with Gasteiger partial charge in [-0.1, -0.05) is 6.07 Å². The Morgan fingerprint density at radius 2 is 1.50 bits per heavy atom. The van der Waals surface area contributed by atoms with Crippen molar-refractivity contribution in [3.05, 3.63) is 86.3 Å². The zero-order chi connectivity index (χ0) is 28.6. The lowest BCUT2D eigenvalue weighted by molar-refractivity contribution is -0.348. The number of carbonyl (C=O) groups is 2. The van der Waals surface area contributed by atoms with Crippen molar-refractivity contribution in [2.75, 3.05) is 17.3 Å². The van der Waals surface area contributed by atoms with Crippen LogP contribution >= 0.6 is 31.9 Å². The Labute approximate surface area is 226 Å². The summed E-state index contributed by atoms with van der Waals surface area (Å²) in [5.74, 6) is -2.97. The summed E-state index contributed by atoms with van der Waals surface area (Å²) in [6, 6.07) is 6.81. The van der Waals surface area contributed by atoms with Gasteiger partial charge in [-0.3, -0.25) is 14.6 Å². The molecule has 15 heteroatoms. The summed E-state index contributed by atoms with van der Waals surface area (Å²) in [7, 11) is 1.24. The number of nitrogens with zero attached hydrogens (tertiary/aromatic N) is 2. The predicted molar refractivity (Wildman–Crippen MR) is 128 cm³/mol. The molecule has 0 aliphatic rings. The summed E-state index contributed by atoms with van der Waals surface area (Å²) in [6.07, 6.45) is -10.0. The highest BCUT2D eigenvalue weighted by Gasteiger charge is 2.73. The van der Waals surface area contributed by atoms with Crippen molar-refractivity contribution in [2.24, 2.45) is 0 Å². The van der Waals surface area contributed by atoms with E-state index in [2.05, 4.69) is 42.2 Å². The molecule has 0 saturated heterocycles. The number of rotatable bonds is 5. The summed E-state index contributed by atoms with van der Waals surface area (Å²) >= 11 is 5.46. The van der Waals surface area contributed by atoms with E-state index in [1.807, 2.05) is 0 Å². The molecule has 5 nitrogen and oxygen atoms in total. The van der Waals surface area contributed by atoms with Crippen LogP contribution in [0.2, 0.25) is 0 Å². The summed E-state index contributed by atoms with van der Waals surface area (Å²) < 4.78 is 107. The highest BCUT2D eigenvalue weighted by atomic mass is 79.9. The summed E-state index contributed by atoms with van der Waals surface area (Å²) in [5, 5.41) is 2.15. The maximum absolute atomic E-state index is 15.2. The molecule has 0 fully saturated rings. The molecule has 0 atom stereocenters. The van der Waals surface area contributed by atoms with E-state index in [9.17, 15) is 40.3 Å². The minimum absolute atomic E-state index is 0.124. The zero-order valence-corrected chi connectivity index (χ0v) is 21.9. The Bertz CT molecular complexity index is 1340. The number of amides is 2. The Hall–Kier alpha value is -3.07. The van der Waals surface area contributed by atoms with E-state index in [-0.39, 0.29) is 23.4 Å². The van der Waals surface area contributed by atoms with Crippen molar-refractivity contribution in [1.82, 2.24) is 4.98 Å². The van der Waals surface area contributed by atoms with Crippen LogP contribution in [-0.2, 0) is 5.67 Å². The second kappa shape index (κ2) is 10.6. The number of hydrogen-bond donors (Lipinski definition) is 1. The van der Waals surface area contributed by atoms with Crippen LogP contribution in [0.5, 0.6) is 0 Å². The third-order valence-corrected chi connectivity index (χ3v) is 6.51. The minimum atomic E-state index is -6.35. The number of alkyl halides is 7. The molecule has 0 saturated carbocycles. The first-order valence-electron chi connectivity index (χ1n) is 10.1. The average Bonchev–Trinajstić information content (AvgIpc) is 2.83. The lowest BCUT2D eigenvalue weighted by Gasteiger charge is -2.31. The van der Waals surface area contributed by atoms with E-state index in [0.29, 0.717) is 0 Å². The van der Waals surface area contributed by atoms with E-state index in [0.717, 1.165) is 11.0 Å². The van der Waals surface area contributed by atoms with Gasteiger partial charge in [0.25, 0.3) is 11.8 Å². The smallest absolute Gasteiger partial charge is 0.320 e. The number of nitrogens with one attached hydrogen (secondary N) is 1. The van der Waals surface area contributed by atoms with Gasteiger partial charge in [0.1, 0.15) is 0 Å². The molecule has 0 aliphatic carbocycles. The van der Waals surface area contributed by atoms with Crippen molar-refractivity contribution < 1.29 is 44.7 Å². The van der Waals surface area contributed by atoms with Gasteiger partial charge in [-0.05, 0) is 68.3 Å². The third kappa shape index (κ3) is 5.39. The fourth-order valence-electron chi connectivity index (χ4n) is 3.31. The number of pyridine rings is 1. The second-order valence-electron chi connectivity index (χ2n) is 7.67. The van der Waals surface area contributed by atoms with Crippen LogP contribution in [0.15, 0.2) is 63.8 Å². The van der Waals surface area contributed by atoms with Gasteiger partial charge in [0, 0.05) is 34.0 Å². The molecule has 0 spiro atoms. The number of halogens is 10. The lowest BCUT2D eigenvalue weighted by Crippen LogP contribution is -2.50. The Balaban J connectivity index is 1.96. The number of hydrogen-bond acceptors (Lipinski definition) is 3. The molecule has 202 valence electrons. The molecule has 2 aromatic carbocycles. The first-order valence-corrected chi connectivity index (χ1v) is 11.7. The minimum Gasteiger partial charge on any atom is -0.320 e. The van der Waals surface area contributed by atoms with Gasteiger partial charge in [-0.15, -0.1) is 0 Å². The molecule has 0 unspecified atom stereocenters. The van der Waals surface area contributed by atoms with E-state index in [1.54, 1.807) is 0 Å². The molecule has 0 aliphatic heterocycles. The van der Waals surface area contributed by atoms with Crippen LogP contribution in [0.4, 0.5) is 46.5 Å². The van der Waals surface area contributed by atoms with Crippen molar-refractivity contribution in [3.63, 3.8) is 0 Å². The van der Waals surface area contributed by atoms with E-state index >= 15 is 4.39 Å². The third-order valence-electron chi connectivity index (χ3n) is 5.26. The normalized spacial score (nSPS) is 12.3. The van der Waals surface area contributed by atoms with Crippen LogP contribution in [0.3, 0.4) is 0 Å². The summed E-state index contributed by atoms with van der Waals surface area (Å²) in [4.78, 5) is 30.2. The molecule has 1 aromatic heterocycles. The molecule has 1 N–H and O–H groups in total. The standard InChI is InChI=1S/C23H13Br2F8N3O2/c1-36(20(38)11-4-3-7-34-10-11)16-6-2-5-13(17(16)26)19(37)35-18-14(24)8-12(9-15(18)25)21(27,22(28,29)30)23(31,32)33/h2-10H,1H3,(H,35,37).